The van der Waals surface area contributed by atoms with Crippen molar-refractivity contribution in [3.8, 4) is 0 Å². The van der Waals surface area contributed by atoms with E-state index in [0.29, 0.717) is 6.61 Å². The number of benzene rings is 1. The lowest BCUT2D eigenvalue weighted by Crippen LogP contribution is -1.90. The van der Waals surface area contributed by atoms with Crippen LogP contribution in [0.5, 0.6) is 0 Å². The molecule has 0 saturated carbocycles. The van der Waals surface area contributed by atoms with Gasteiger partial charge in [0.1, 0.15) is 0 Å². The van der Waals surface area contributed by atoms with E-state index in [9.17, 15) is 0 Å². The summed E-state index contributed by atoms with van der Waals surface area (Å²) in [4.78, 5) is 1.14. The quantitative estimate of drug-likeness (QED) is 0.480. The second-order valence-corrected chi connectivity index (χ2v) is 5.37. The van der Waals surface area contributed by atoms with Crippen LogP contribution in [0.15, 0.2) is 27.6 Å². The minimum Gasteiger partial charge on any atom is -0.398 e. The SMILES string of the molecule is Nc1cc(Br)ccc1SCCCCCO. The average molecular weight is 290 g/mol. The summed E-state index contributed by atoms with van der Waals surface area (Å²) >= 11 is 5.16. The molecular weight excluding hydrogens is 274 g/mol. The number of rotatable bonds is 6. The lowest BCUT2D eigenvalue weighted by atomic mass is 10.3. The lowest BCUT2D eigenvalue weighted by Gasteiger charge is -2.05. The summed E-state index contributed by atoms with van der Waals surface area (Å²) in [6.07, 6.45) is 3.11. The van der Waals surface area contributed by atoms with Gasteiger partial charge >= 0.3 is 0 Å². The molecule has 0 radical (unpaired) electrons. The minimum absolute atomic E-state index is 0.297. The van der Waals surface area contributed by atoms with Crippen LogP contribution in [0.1, 0.15) is 19.3 Å². The first-order chi connectivity index (χ1) is 7.24. The molecule has 0 unspecified atom stereocenters. The van der Waals surface area contributed by atoms with Crippen molar-refractivity contribution < 1.29 is 5.11 Å². The Balaban J connectivity index is 2.31. The molecule has 0 heterocycles. The van der Waals surface area contributed by atoms with E-state index in [1.165, 1.54) is 0 Å². The van der Waals surface area contributed by atoms with Crippen molar-refractivity contribution in [2.45, 2.75) is 24.2 Å². The molecule has 0 spiro atoms. The van der Waals surface area contributed by atoms with Crippen molar-refractivity contribution >= 4 is 33.4 Å². The van der Waals surface area contributed by atoms with Crippen LogP contribution in [0, 0.1) is 0 Å². The van der Waals surface area contributed by atoms with Gasteiger partial charge in [0.2, 0.25) is 0 Å². The highest BCUT2D eigenvalue weighted by atomic mass is 79.9. The van der Waals surface area contributed by atoms with Crippen LogP contribution < -0.4 is 5.73 Å². The second kappa shape index (κ2) is 7.14. The Morgan fingerprint density at radius 3 is 2.73 bits per heavy atom. The van der Waals surface area contributed by atoms with Gasteiger partial charge in [0, 0.05) is 21.7 Å². The van der Waals surface area contributed by atoms with Crippen molar-refractivity contribution in [2.24, 2.45) is 0 Å². The Morgan fingerprint density at radius 2 is 2.07 bits per heavy atom. The number of nitrogens with two attached hydrogens (primary N) is 1. The highest BCUT2D eigenvalue weighted by Crippen LogP contribution is 2.28. The summed E-state index contributed by atoms with van der Waals surface area (Å²) < 4.78 is 1.02. The fraction of sp³-hybridized carbons (Fsp3) is 0.455. The molecule has 84 valence electrons. The van der Waals surface area contributed by atoms with Crippen LogP contribution in [0.3, 0.4) is 0 Å². The number of anilines is 1. The van der Waals surface area contributed by atoms with E-state index in [0.717, 1.165) is 40.1 Å². The summed E-state index contributed by atoms with van der Waals surface area (Å²) in [6, 6.07) is 5.97. The first-order valence-corrected chi connectivity index (χ1v) is 6.80. The van der Waals surface area contributed by atoms with E-state index in [2.05, 4.69) is 15.9 Å². The molecule has 0 aromatic heterocycles. The van der Waals surface area contributed by atoms with E-state index in [1.807, 2.05) is 18.2 Å². The summed E-state index contributed by atoms with van der Waals surface area (Å²) in [6.45, 7) is 0.297. The Kier molecular flexibility index (Phi) is 6.13. The van der Waals surface area contributed by atoms with E-state index < -0.39 is 0 Å². The molecule has 0 fully saturated rings. The number of hydrogen-bond acceptors (Lipinski definition) is 3. The molecule has 0 aliphatic heterocycles. The highest BCUT2D eigenvalue weighted by Gasteiger charge is 2.00. The van der Waals surface area contributed by atoms with E-state index in [-0.39, 0.29) is 0 Å². The van der Waals surface area contributed by atoms with Gasteiger partial charge in [0.05, 0.1) is 0 Å². The maximum atomic E-state index is 8.63. The molecule has 0 saturated heterocycles. The fourth-order valence-electron chi connectivity index (χ4n) is 1.22. The topological polar surface area (TPSA) is 46.2 Å². The van der Waals surface area contributed by atoms with Crippen LogP contribution >= 0.6 is 27.7 Å². The van der Waals surface area contributed by atoms with Crippen LogP contribution in [-0.4, -0.2) is 17.5 Å². The molecule has 1 rings (SSSR count). The zero-order valence-corrected chi connectivity index (χ0v) is 11.0. The predicted molar refractivity (Wildman–Crippen MR) is 70.2 cm³/mol. The van der Waals surface area contributed by atoms with Gasteiger partial charge in [0.25, 0.3) is 0 Å². The van der Waals surface area contributed by atoms with Gasteiger partial charge in [-0.2, -0.15) is 0 Å². The molecular formula is C11H16BrNOS. The lowest BCUT2D eigenvalue weighted by molar-refractivity contribution is 0.284. The Morgan fingerprint density at radius 1 is 1.27 bits per heavy atom. The maximum Gasteiger partial charge on any atom is 0.0463 e. The molecule has 3 N–H and O–H groups in total. The smallest absolute Gasteiger partial charge is 0.0463 e. The Hall–Kier alpha value is -0.190. The monoisotopic (exact) mass is 289 g/mol. The predicted octanol–water partition coefficient (Wildman–Crippen LogP) is 3.29. The van der Waals surface area contributed by atoms with Gasteiger partial charge in [0.15, 0.2) is 0 Å². The third kappa shape index (κ3) is 4.91. The van der Waals surface area contributed by atoms with Gasteiger partial charge < -0.3 is 10.8 Å². The molecule has 1 aromatic carbocycles. The van der Waals surface area contributed by atoms with Crippen LogP contribution in [0.25, 0.3) is 0 Å². The van der Waals surface area contributed by atoms with Crippen molar-refractivity contribution in [3.05, 3.63) is 22.7 Å². The Bertz CT molecular complexity index is 307. The summed E-state index contributed by atoms with van der Waals surface area (Å²) in [5.74, 6) is 1.06. The highest BCUT2D eigenvalue weighted by molar-refractivity contribution is 9.10. The maximum absolute atomic E-state index is 8.63. The molecule has 0 atom stereocenters. The van der Waals surface area contributed by atoms with Crippen molar-refractivity contribution in [1.82, 2.24) is 0 Å². The molecule has 15 heavy (non-hydrogen) atoms. The molecule has 0 aliphatic rings. The minimum atomic E-state index is 0.297. The molecule has 0 bridgehead atoms. The normalized spacial score (nSPS) is 10.5. The number of thioether (sulfide) groups is 1. The first kappa shape index (κ1) is 12.9. The largest absolute Gasteiger partial charge is 0.398 e. The van der Waals surface area contributed by atoms with Crippen molar-refractivity contribution in [3.63, 3.8) is 0 Å². The van der Waals surface area contributed by atoms with E-state index >= 15 is 0 Å². The average Bonchev–Trinajstić information content (AvgIpc) is 2.20. The van der Waals surface area contributed by atoms with Gasteiger partial charge in [-0.3, -0.25) is 0 Å². The van der Waals surface area contributed by atoms with Gasteiger partial charge in [-0.15, -0.1) is 11.8 Å². The number of halogens is 1. The summed E-state index contributed by atoms with van der Waals surface area (Å²) in [5, 5.41) is 8.63. The van der Waals surface area contributed by atoms with Crippen LogP contribution in [0.4, 0.5) is 5.69 Å². The third-order valence-electron chi connectivity index (χ3n) is 2.03. The first-order valence-electron chi connectivity index (χ1n) is 5.02. The zero-order chi connectivity index (χ0) is 11.1. The van der Waals surface area contributed by atoms with Gasteiger partial charge in [-0.25, -0.2) is 0 Å². The van der Waals surface area contributed by atoms with Crippen LogP contribution in [0.2, 0.25) is 0 Å². The number of aliphatic hydroxyl groups excluding tert-OH is 1. The third-order valence-corrected chi connectivity index (χ3v) is 3.70. The van der Waals surface area contributed by atoms with E-state index in [4.69, 9.17) is 10.8 Å². The fourth-order valence-corrected chi connectivity index (χ4v) is 2.56. The van der Waals surface area contributed by atoms with Crippen LogP contribution in [-0.2, 0) is 0 Å². The molecule has 1 aromatic rings. The standard InChI is InChI=1S/C11H16BrNOS/c12-9-4-5-11(10(13)8-9)15-7-3-1-2-6-14/h4-5,8,14H,1-3,6-7,13H2. The number of aliphatic hydroxyl groups is 1. The molecule has 4 heteroatoms. The Labute approximate surface area is 103 Å². The number of nitrogen functional groups attached to an aromatic ring is 1. The second-order valence-electron chi connectivity index (χ2n) is 3.31. The van der Waals surface area contributed by atoms with E-state index in [1.54, 1.807) is 11.8 Å². The summed E-state index contributed by atoms with van der Waals surface area (Å²) in [7, 11) is 0. The number of unbranched alkanes of at least 4 members (excludes halogenated alkanes) is 2. The van der Waals surface area contributed by atoms with Crippen molar-refractivity contribution in [1.29, 1.82) is 0 Å². The number of hydrogen-bond donors (Lipinski definition) is 2. The zero-order valence-electron chi connectivity index (χ0n) is 8.58. The molecule has 0 amide bonds. The molecule has 0 aliphatic carbocycles. The molecule has 2 nitrogen and oxygen atoms in total. The van der Waals surface area contributed by atoms with Gasteiger partial charge in [-0.05, 0) is 36.8 Å². The van der Waals surface area contributed by atoms with Crippen molar-refractivity contribution in [2.75, 3.05) is 18.1 Å². The summed E-state index contributed by atoms with van der Waals surface area (Å²) in [5.41, 5.74) is 6.70. The van der Waals surface area contributed by atoms with Gasteiger partial charge in [-0.1, -0.05) is 22.4 Å².